The number of sulfonamides is 1. The topological polar surface area (TPSA) is 86.6 Å². The summed E-state index contributed by atoms with van der Waals surface area (Å²) in [4.78, 5) is 12.6. The van der Waals surface area contributed by atoms with Crippen molar-refractivity contribution in [2.24, 2.45) is 0 Å². The third kappa shape index (κ3) is 5.58. The molecular formula is C26H28N2O5S2. The summed E-state index contributed by atoms with van der Waals surface area (Å²) in [5, 5.41) is 0. The van der Waals surface area contributed by atoms with E-state index in [2.05, 4.69) is 4.72 Å². The Labute approximate surface area is 209 Å². The molecule has 0 aliphatic heterocycles. The van der Waals surface area contributed by atoms with Gasteiger partial charge in [-0.1, -0.05) is 47.7 Å². The van der Waals surface area contributed by atoms with Crippen LogP contribution in [0.1, 0.15) is 37.9 Å². The van der Waals surface area contributed by atoms with Crippen LogP contribution in [-0.2, 0) is 16.6 Å². The van der Waals surface area contributed by atoms with Crippen molar-refractivity contribution in [3.63, 3.8) is 0 Å². The zero-order valence-corrected chi connectivity index (χ0v) is 21.5. The number of nitrogens with zero attached hydrogens (tertiary/aromatic N) is 1. The first-order valence-corrected chi connectivity index (χ1v) is 13.7. The van der Waals surface area contributed by atoms with E-state index in [1.807, 2.05) is 50.2 Å². The number of hydrogen-bond donors (Lipinski definition) is 1. The molecule has 0 amide bonds. The van der Waals surface area contributed by atoms with Gasteiger partial charge in [0.05, 0.1) is 34.9 Å². The van der Waals surface area contributed by atoms with Gasteiger partial charge in [-0.05, 0) is 62.2 Å². The lowest BCUT2D eigenvalue weighted by atomic mass is 10.1. The number of rotatable bonds is 10. The molecule has 0 saturated carbocycles. The molecule has 0 fully saturated rings. The summed E-state index contributed by atoms with van der Waals surface area (Å²) in [7, 11) is -3.83. The maximum Gasteiger partial charge on any atom is 0.308 e. The van der Waals surface area contributed by atoms with Gasteiger partial charge in [0.25, 0.3) is 0 Å². The second kappa shape index (κ2) is 10.6. The summed E-state index contributed by atoms with van der Waals surface area (Å²) >= 11 is 1.04. The molecule has 9 heteroatoms. The predicted molar refractivity (Wildman–Crippen MR) is 139 cm³/mol. The summed E-state index contributed by atoms with van der Waals surface area (Å²) in [6, 6.07) is 19.4. The van der Waals surface area contributed by atoms with E-state index in [0.717, 1.165) is 22.5 Å². The second-order valence-corrected chi connectivity index (χ2v) is 10.7. The first kappa shape index (κ1) is 25.0. The largest absolute Gasteiger partial charge is 0.490 e. The number of hydrogen-bond acceptors (Lipinski definition) is 6. The standard InChI is InChI=1S/C26H28N2O5S2/c1-4-32-23-14-11-20(15-24(23)33-5-2)18(3)27-35(30,31)21-12-13-22-25(16-21)34-26(29)28(22)17-19-9-7-6-8-10-19/h6-16,18,27H,4-5,17H2,1-3H3. The molecule has 0 radical (unpaired) electrons. The first-order valence-electron chi connectivity index (χ1n) is 11.4. The van der Waals surface area contributed by atoms with Crippen LogP contribution >= 0.6 is 11.3 Å². The van der Waals surface area contributed by atoms with Crippen molar-refractivity contribution in [2.45, 2.75) is 38.3 Å². The van der Waals surface area contributed by atoms with Gasteiger partial charge in [-0.3, -0.25) is 9.36 Å². The van der Waals surface area contributed by atoms with Gasteiger partial charge in [-0.15, -0.1) is 0 Å². The molecule has 4 aromatic rings. The van der Waals surface area contributed by atoms with Gasteiger partial charge < -0.3 is 9.47 Å². The fourth-order valence-corrected chi connectivity index (χ4v) is 6.10. The van der Waals surface area contributed by atoms with Crippen molar-refractivity contribution in [1.29, 1.82) is 0 Å². The SMILES string of the molecule is CCOc1ccc(C(C)NS(=O)(=O)c2ccc3c(c2)sc(=O)n3Cc2ccccc2)cc1OCC. The van der Waals surface area contributed by atoms with E-state index in [4.69, 9.17) is 9.47 Å². The number of fused-ring (bicyclic) bond motifs is 1. The van der Waals surface area contributed by atoms with Crippen LogP contribution in [-0.4, -0.2) is 26.2 Å². The smallest absolute Gasteiger partial charge is 0.308 e. The molecule has 1 heterocycles. The lowest BCUT2D eigenvalue weighted by molar-refractivity contribution is 0.287. The van der Waals surface area contributed by atoms with Crippen LogP contribution in [0, 0.1) is 0 Å². The maximum absolute atomic E-state index is 13.2. The lowest BCUT2D eigenvalue weighted by Gasteiger charge is -2.18. The summed E-state index contributed by atoms with van der Waals surface area (Å²) in [5.41, 5.74) is 2.47. The number of thiazole rings is 1. The highest BCUT2D eigenvalue weighted by Crippen LogP contribution is 2.31. The molecule has 1 unspecified atom stereocenters. The van der Waals surface area contributed by atoms with Crippen molar-refractivity contribution in [1.82, 2.24) is 9.29 Å². The molecule has 1 aromatic heterocycles. The Morgan fingerprint density at radius 3 is 2.37 bits per heavy atom. The van der Waals surface area contributed by atoms with Gasteiger partial charge in [-0.25, -0.2) is 13.1 Å². The highest BCUT2D eigenvalue weighted by Gasteiger charge is 2.21. The van der Waals surface area contributed by atoms with Crippen LogP contribution in [0.25, 0.3) is 10.2 Å². The molecule has 0 aliphatic rings. The summed E-state index contributed by atoms with van der Waals surface area (Å²) in [6.07, 6.45) is 0. The molecule has 0 saturated heterocycles. The minimum atomic E-state index is -3.83. The Morgan fingerprint density at radius 1 is 0.943 bits per heavy atom. The van der Waals surface area contributed by atoms with Gasteiger partial charge in [0, 0.05) is 6.04 Å². The van der Waals surface area contributed by atoms with Crippen molar-refractivity contribution in [3.05, 3.63) is 87.5 Å². The Morgan fingerprint density at radius 2 is 1.66 bits per heavy atom. The van der Waals surface area contributed by atoms with Crippen molar-refractivity contribution in [3.8, 4) is 11.5 Å². The average molecular weight is 513 g/mol. The van der Waals surface area contributed by atoms with E-state index in [0.29, 0.717) is 41.5 Å². The molecular weight excluding hydrogens is 484 g/mol. The monoisotopic (exact) mass is 512 g/mol. The molecule has 0 aliphatic carbocycles. The van der Waals surface area contributed by atoms with Gasteiger partial charge in [0.15, 0.2) is 11.5 Å². The number of nitrogens with one attached hydrogen (secondary N) is 1. The van der Waals surface area contributed by atoms with Crippen molar-refractivity contribution < 1.29 is 17.9 Å². The van der Waals surface area contributed by atoms with Crippen molar-refractivity contribution >= 4 is 31.6 Å². The lowest BCUT2D eigenvalue weighted by Crippen LogP contribution is -2.27. The second-order valence-electron chi connectivity index (χ2n) is 7.98. The Kier molecular flexibility index (Phi) is 7.59. The van der Waals surface area contributed by atoms with Crippen molar-refractivity contribution in [2.75, 3.05) is 13.2 Å². The van der Waals surface area contributed by atoms with Crippen LogP contribution in [0.15, 0.2) is 76.4 Å². The van der Waals surface area contributed by atoms with E-state index in [9.17, 15) is 13.2 Å². The summed E-state index contributed by atoms with van der Waals surface area (Å²) < 4.78 is 42.6. The molecule has 0 spiro atoms. The van der Waals surface area contributed by atoms with E-state index in [-0.39, 0.29) is 9.77 Å². The average Bonchev–Trinajstić information content (AvgIpc) is 3.15. The van der Waals surface area contributed by atoms with E-state index < -0.39 is 16.1 Å². The number of benzene rings is 3. The van der Waals surface area contributed by atoms with E-state index in [1.54, 1.807) is 35.8 Å². The van der Waals surface area contributed by atoms with E-state index >= 15 is 0 Å². The third-order valence-electron chi connectivity index (χ3n) is 5.53. The predicted octanol–water partition coefficient (Wildman–Crippen LogP) is 4.95. The fourth-order valence-electron chi connectivity index (χ4n) is 3.84. The molecule has 7 nitrogen and oxygen atoms in total. The molecule has 3 aromatic carbocycles. The maximum atomic E-state index is 13.2. The zero-order chi connectivity index (χ0) is 25.0. The minimum Gasteiger partial charge on any atom is -0.490 e. The minimum absolute atomic E-state index is 0.112. The molecule has 184 valence electrons. The summed E-state index contributed by atoms with van der Waals surface area (Å²) in [6.45, 7) is 6.95. The van der Waals surface area contributed by atoms with Crippen LogP contribution in [0.2, 0.25) is 0 Å². The van der Waals surface area contributed by atoms with Gasteiger partial charge in [0.1, 0.15) is 0 Å². The highest BCUT2D eigenvalue weighted by atomic mass is 32.2. The Balaban J connectivity index is 1.59. The highest BCUT2D eigenvalue weighted by molar-refractivity contribution is 7.89. The Hall–Kier alpha value is -3.14. The number of ether oxygens (including phenoxy) is 2. The molecule has 4 rings (SSSR count). The van der Waals surface area contributed by atoms with Gasteiger partial charge >= 0.3 is 4.87 Å². The van der Waals surface area contributed by atoms with Gasteiger partial charge in [-0.2, -0.15) is 0 Å². The molecule has 1 atom stereocenters. The van der Waals surface area contributed by atoms with Crippen LogP contribution < -0.4 is 19.1 Å². The molecule has 1 N–H and O–H groups in total. The quantitative estimate of drug-likeness (QED) is 0.325. The van der Waals surface area contributed by atoms with Crippen LogP contribution in [0.3, 0.4) is 0 Å². The first-order chi connectivity index (χ1) is 16.8. The molecule has 0 bridgehead atoms. The van der Waals surface area contributed by atoms with Crippen LogP contribution in [0.4, 0.5) is 0 Å². The Bertz CT molecular complexity index is 1480. The van der Waals surface area contributed by atoms with Crippen LogP contribution in [0.5, 0.6) is 11.5 Å². The van der Waals surface area contributed by atoms with E-state index in [1.165, 1.54) is 6.07 Å². The number of aromatic nitrogens is 1. The normalized spacial score (nSPS) is 12.5. The summed E-state index contributed by atoms with van der Waals surface area (Å²) in [5.74, 6) is 1.19. The van der Waals surface area contributed by atoms with Gasteiger partial charge in [0.2, 0.25) is 10.0 Å². The molecule has 35 heavy (non-hydrogen) atoms. The zero-order valence-electron chi connectivity index (χ0n) is 19.9. The fraction of sp³-hybridized carbons (Fsp3) is 0.269. The third-order valence-corrected chi connectivity index (χ3v) is 8.01.